The third kappa shape index (κ3) is 8.62. The molecule has 0 heterocycles. The Kier molecular flexibility index (Phi) is 8.44. The molecule has 0 amide bonds. The predicted molar refractivity (Wildman–Crippen MR) is 74.7 cm³/mol. The largest absolute Gasteiger partial charge is 0.466 e. The molecule has 19 heavy (non-hydrogen) atoms. The topological polar surface area (TPSA) is 52.6 Å². The van der Waals surface area contributed by atoms with Gasteiger partial charge >= 0.3 is 11.9 Å². The summed E-state index contributed by atoms with van der Waals surface area (Å²) in [5.41, 5.74) is -0.548. The van der Waals surface area contributed by atoms with Crippen molar-refractivity contribution in [2.24, 2.45) is 5.41 Å². The molecular formula is C15H28O4. The molecule has 0 radical (unpaired) electrons. The van der Waals surface area contributed by atoms with Crippen LogP contribution in [-0.2, 0) is 19.1 Å². The number of rotatable bonds is 9. The fourth-order valence-corrected chi connectivity index (χ4v) is 1.55. The lowest BCUT2D eigenvalue weighted by molar-refractivity contribution is -0.158. The zero-order valence-corrected chi connectivity index (χ0v) is 13.0. The van der Waals surface area contributed by atoms with Gasteiger partial charge in [-0.3, -0.25) is 9.59 Å². The molecule has 112 valence electrons. The molecule has 0 atom stereocenters. The molecule has 4 heteroatoms. The van der Waals surface area contributed by atoms with Crippen molar-refractivity contribution in [2.75, 3.05) is 6.61 Å². The first-order valence-corrected chi connectivity index (χ1v) is 7.16. The lowest BCUT2D eigenvalue weighted by atomic mass is 9.87. The molecule has 0 aliphatic heterocycles. The minimum atomic E-state index is -0.548. The van der Waals surface area contributed by atoms with E-state index in [1.165, 1.54) is 0 Å². The Morgan fingerprint density at radius 1 is 1.16 bits per heavy atom. The third-order valence-electron chi connectivity index (χ3n) is 2.84. The summed E-state index contributed by atoms with van der Waals surface area (Å²) >= 11 is 0. The summed E-state index contributed by atoms with van der Waals surface area (Å²) in [6.07, 6.45) is 3.44. The molecule has 0 aromatic rings. The highest BCUT2D eigenvalue weighted by Gasteiger charge is 2.29. The third-order valence-corrected chi connectivity index (χ3v) is 2.84. The van der Waals surface area contributed by atoms with E-state index < -0.39 is 5.41 Å². The highest BCUT2D eigenvalue weighted by Crippen LogP contribution is 2.25. The zero-order chi connectivity index (χ0) is 14.9. The molecule has 0 unspecified atom stereocenters. The maximum atomic E-state index is 11.8. The first kappa shape index (κ1) is 17.9. The van der Waals surface area contributed by atoms with Crippen molar-refractivity contribution in [1.82, 2.24) is 0 Å². The number of unbranched alkanes of at least 4 members (excludes halogenated alkanes) is 1. The molecule has 0 aromatic heterocycles. The molecule has 0 aliphatic rings. The van der Waals surface area contributed by atoms with Gasteiger partial charge in [0.25, 0.3) is 0 Å². The summed E-state index contributed by atoms with van der Waals surface area (Å²) in [7, 11) is 0. The fraction of sp³-hybridized carbons (Fsp3) is 0.867. The monoisotopic (exact) mass is 272 g/mol. The fourth-order valence-electron chi connectivity index (χ4n) is 1.55. The standard InChI is InChI=1S/C15H28O4/c1-6-7-11-18-13(16)9-8-10-15(4,5)14(17)19-12(2)3/h12H,6-11H2,1-5H3. The van der Waals surface area contributed by atoms with Crippen LogP contribution in [0.2, 0.25) is 0 Å². The van der Waals surface area contributed by atoms with E-state index in [9.17, 15) is 9.59 Å². The summed E-state index contributed by atoms with van der Waals surface area (Å²) in [6.45, 7) is 9.91. The second kappa shape index (κ2) is 8.94. The lowest BCUT2D eigenvalue weighted by Gasteiger charge is -2.23. The van der Waals surface area contributed by atoms with Crippen LogP contribution < -0.4 is 0 Å². The molecule has 0 fully saturated rings. The highest BCUT2D eigenvalue weighted by molar-refractivity contribution is 5.76. The van der Waals surface area contributed by atoms with Crippen LogP contribution >= 0.6 is 0 Å². The first-order chi connectivity index (χ1) is 8.79. The smallest absolute Gasteiger partial charge is 0.311 e. The number of hydrogen-bond acceptors (Lipinski definition) is 4. The van der Waals surface area contributed by atoms with Crippen LogP contribution in [0.3, 0.4) is 0 Å². The van der Waals surface area contributed by atoms with E-state index in [2.05, 4.69) is 6.92 Å². The Morgan fingerprint density at radius 2 is 1.79 bits per heavy atom. The van der Waals surface area contributed by atoms with Crippen molar-refractivity contribution < 1.29 is 19.1 Å². The normalized spacial score (nSPS) is 11.5. The molecule has 0 aromatic carbocycles. The Balaban J connectivity index is 3.91. The van der Waals surface area contributed by atoms with Gasteiger partial charge in [0.15, 0.2) is 0 Å². The Labute approximate surface area is 116 Å². The van der Waals surface area contributed by atoms with E-state index in [4.69, 9.17) is 9.47 Å². The van der Waals surface area contributed by atoms with Crippen LogP contribution in [0.4, 0.5) is 0 Å². The molecule has 0 rings (SSSR count). The average Bonchev–Trinajstić information content (AvgIpc) is 2.28. The van der Waals surface area contributed by atoms with E-state index in [-0.39, 0.29) is 18.0 Å². The minimum absolute atomic E-state index is 0.106. The van der Waals surface area contributed by atoms with Gasteiger partial charge in [-0.2, -0.15) is 0 Å². The average molecular weight is 272 g/mol. The van der Waals surface area contributed by atoms with Crippen LogP contribution in [0, 0.1) is 5.41 Å². The lowest BCUT2D eigenvalue weighted by Crippen LogP contribution is -2.29. The van der Waals surface area contributed by atoms with E-state index in [0.717, 1.165) is 12.8 Å². The quantitative estimate of drug-likeness (QED) is 0.476. The van der Waals surface area contributed by atoms with Crippen LogP contribution in [0.5, 0.6) is 0 Å². The van der Waals surface area contributed by atoms with Crippen molar-refractivity contribution in [3.63, 3.8) is 0 Å². The number of carbonyl (C=O) groups excluding carboxylic acids is 2. The van der Waals surface area contributed by atoms with Gasteiger partial charge in [-0.25, -0.2) is 0 Å². The maximum Gasteiger partial charge on any atom is 0.311 e. The minimum Gasteiger partial charge on any atom is -0.466 e. The van der Waals surface area contributed by atoms with Crippen LogP contribution in [0.15, 0.2) is 0 Å². The second-order valence-corrected chi connectivity index (χ2v) is 5.77. The first-order valence-electron chi connectivity index (χ1n) is 7.16. The molecule has 0 saturated carbocycles. The van der Waals surface area contributed by atoms with Crippen LogP contribution in [0.1, 0.15) is 66.7 Å². The van der Waals surface area contributed by atoms with Crippen molar-refractivity contribution >= 4 is 11.9 Å². The van der Waals surface area contributed by atoms with E-state index in [1.54, 1.807) is 0 Å². The van der Waals surface area contributed by atoms with Gasteiger partial charge in [-0.1, -0.05) is 13.3 Å². The summed E-state index contributed by atoms with van der Waals surface area (Å²) in [4.78, 5) is 23.2. The van der Waals surface area contributed by atoms with Crippen molar-refractivity contribution in [3.05, 3.63) is 0 Å². The number of hydrogen-bond donors (Lipinski definition) is 0. The van der Waals surface area contributed by atoms with Crippen molar-refractivity contribution in [3.8, 4) is 0 Å². The molecule has 0 N–H and O–H groups in total. The van der Waals surface area contributed by atoms with Crippen LogP contribution in [0.25, 0.3) is 0 Å². The molecule has 0 aliphatic carbocycles. The number of carbonyl (C=O) groups is 2. The summed E-state index contributed by atoms with van der Waals surface area (Å²) in [5.74, 6) is -0.386. The number of ether oxygens (including phenoxy) is 2. The van der Waals surface area contributed by atoms with E-state index in [0.29, 0.717) is 25.9 Å². The highest BCUT2D eigenvalue weighted by atomic mass is 16.5. The predicted octanol–water partition coefficient (Wildman–Crippen LogP) is 3.48. The SMILES string of the molecule is CCCCOC(=O)CCCC(C)(C)C(=O)OC(C)C. The van der Waals surface area contributed by atoms with Crippen molar-refractivity contribution in [2.45, 2.75) is 72.8 Å². The van der Waals surface area contributed by atoms with Gasteiger partial charge in [0.1, 0.15) is 0 Å². The maximum absolute atomic E-state index is 11.8. The van der Waals surface area contributed by atoms with Crippen LogP contribution in [-0.4, -0.2) is 24.6 Å². The van der Waals surface area contributed by atoms with E-state index >= 15 is 0 Å². The van der Waals surface area contributed by atoms with Gasteiger partial charge in [-0.15, -0.1) is 0 Å². The molecule has 0 spiro atoms. The van der Waals surface area contributed by atoms with Gasteiger partial charge in [0.2, 0.25) is 0 Å². The Bertz CT molecular complexity index is 282. The van der Waals surface area contributed by atoms with Gasteiger partial charge in [-0.05, 0) is 47.0 Å². The summed E-state index contributed by atoms with van der Waals surface area (Å²) in [5, 5.41) is 0. The molecular weight excluding hydrogens is 244 g/mol. The Morgan fingerprint density at radius 3 is 2.32 bits per heavy atom. The Hall–Kier alpha value is -1.06. The number of esters is 2. The summed E-state index contributed by atoms with van der Waals surface area (Å²) < 4.78 is 10.3. The van der Waals surface area contributed by atoms with E-state index in [1.807, 2.05) is 27.7 Å². The molecule has 0 bridgehead atoms. The summed E-state index contributed by atoms with van der Waals surface area (Å²) in [6, 6.07) is 0. The van der Waals surface area contributed by atoms with Gasteiger partial charge < -0.3 is 9.47 Å². The van der Waals surface area contributed by atoms with Gasteiger partial charge in [0.05, 0.1) is 18.1 Å². The molecule has 4 nitrogen and oxygen atoms in total. The molecule has 0 saturated heterocycles. The second-order valence-electron chi connectivity index (χ2n) is 5.77. The van der Waals surface area contributed by atoms with Crippen molar-refractivity contribution in [1.29, 1.82) is 0 Å². The zero-order valence-electron chi connectivity index (χ0n) is 13.0. The van der Waals surface area contributed by atoms with Gasteiger partial charge in [0, 0.05) is 6.42 Å².